The third-order valence-corrected chi connectivity index (χ3v) is 2.65. The second kappa shape index (κ2) is 6.82. The molecule has 1 aromatic carbocycles. The third kappa shape index (κ3) is 3.15. The molecule has 0 spiro atoms. The van der Waals surface area contributed by atoms with Gasteiger partial charge in [-0.25, -0.2) is 0 Å². The number of rotatable bonds is 5. The summed E-state index contributed by atoms with van der Waals surface area (Å²) in [6.45, 7) is 1.84. The largest absolute Gasteiger partial charge is 0.496 e. The van der Waals surface area contributed by atoms with Crippen molar-refractivity contribution in [3.05, 3.63) is 23.8 Å². The quantitative estimate of drug-likeness (QED) is 0.792. The zero-order valence-corrected chi connectivity index (χ0v) is 10.8. The fourth-order valence-corrected chi connectivity index (χ4v) is 1.78. The molecule has 0 heterocycles. The molecular weight excluding hydrogens is 214 g/mol. The van der Waals surface area contributed by atoms with Crippen LogP contribution in [-0.4, -0.2) is 21.3 Å². The Morgan fingerprint density at radius 1 is 1.24 bits per heavy atom. The van der Waals surface area contributed by atoms with Crippen LogP contribution in [0.5, 0.6) is 11.5 Å². The lowest BCUT2D eigenvalue weighted by Gasteiger charge is -2.20. The summed E-state index contributed by atoms with van der Waals surface area (Å²) in [5.74, 6) is 7.62. The van der Waals surface area contributed by atoms with E-state index < -0.39 is 0 Å². The van der Waals surface area contributed by atoms with Gasteiger partial charge in [0.05, 0.1) is 25.8 Å². The minimum Gasteiger partial charge on any atom is -0.496 e. The van der Waals surface area contributed by atoms with Crippen molar-refractivity contribution >= 4 is 0 Å². The van der Waals surface area contributed by atoms with Crippen LogP contribution in [-0.2, 0) is 0 Å². The van der Waals surface area contributed by atoms with Gasteiger partial charge < -0.3 is 14.8 Å². The normalized spacial score (nSPS) is 11.3. The highest BCUT2D eigenvalue weighted by molar-refractivity contribution is 5.47. The number of ether oxygens (including phenoxy) is 2. The summed E-state index contributed by atoms with van der Waals surface area (Å²) in [6.07, 6.45) is 0.726. The first-order valence-electron chi connectivity index (χ1n) is 5.56. The lowest BCUT2D eigenvalue weighted by molar-refractivity contribution is 0.374. The van der Waals surface area contributed by atoms with Crippen molar-refractivity contribution in [1.29, 1.82) is 0 Å². The first-order valence-corrected chi connectivity index (χ1v) is 5.56. The molecule has 0 aliphatic heterocycles. The highest BCUT2D eigenvalue weighted by Gasteiger charge is 2.18. The molecule has 3 heteroatoms. The lowest BCUT2D eigenvalue weighted by Crippen LogP contribution is -2.17. The molecule has 1 unspecified atom stereocenters. The van der Waals surface area contributed by atoms with Crippen LogP contribution in [0.2, 0.25) is 0 Å². The lowest BCUT2D eigenvalue weighted by atomic mass is 10.0. The highest BCUT2D eigenvalue weighted by atomic mass is 16.5. The molecule has 0 fully saturated rings. The molecule has 1 atom stereocenters. The van der Waals surface area contributed by atoms with Gasteiger partial charge in [-0.15, -0.1) is 11.8 Å². The Hall–Kier alpha value is -1.66. The smallest absolute Gasteiger partial charge is 0.127 e. The van der Waals surface area contributed by atoms with Crippen LogP contribution in [0, 0.1) is 11.8 Å². The van der Waals surface area contributed by atoms with Gasteiger partial charge in [-0.05, 0) is 26.1 Å². The number of benzene rings is 1. The van der Waals surface area contributed by atoms with Crippen molar-refractivity contribution in [1.82, 2.24) is 5.32 Å². The van der Waals surface area contributed by atoms with E-state index in [1.807, 2.05) is 32.2 Å². The predicted molar refractivity (Wildman–Crippen MR) is 69.4 cm³/mol. The van der Waals surface area contributed by atoms with Gasteiger partial charge in [-0.3, -0.25) is 0 Å². The van der Waals surface area contributed by atoms with Crippen molar-refractivity contribution in [3.8, 4) is 23.3 Å². The van der Waals surface area contributed by atoms with Crippen LogP contribution in [0.25, 0.3) is 0 Å². The Morgan fingerprint density at radius 2 is 1.82 bits per heavy atom. The monoisotopic (exact) mass is 233 g/mol. The van der Waals surface area contributed by atoms with Gasteiger partial charge in [0.25, 0.3) is 0 Å². The highest BCUT2D eigenvalue weighted by Crippen LogP contribution is 2.35. The van der Waals surface area contributed by atoms with Crippen LogP contribution in [0.1, 0.15) is 24.9 Å². The van der Waals surface area contributed by atoms with Crippen molar-refractivity contribution in [2.45, 2.75) is 19.4 Å². The molecule has 1 aromatic rings. The van der Waals surface area contributed by atoms with E-state index >= 15 is 0 Å². The zero-order chi connectivity index (χ0) is 12.7. The molecule has 0 aromatic heterocycles. The summed E-state index contributed by atoms with van der Waals surface area (Å²) in [5, 5.41) is 3.24. The summed E-state index contributed by atoms with van der Waals surface area (Å²) in [5.41, 5.74) is 1.02. The Balaban J connectivity index is 3.17. The maximum atomic E-state index is 5.38. The number of methoxy groups -OCH3 is 2. The summed E-state index contributed by atoms with van der Waals surface area (Å²) in [7, 11) is 5.24. The van der Waals surface area contributed by atoms with Crippen LogP contribution < -0.4 is 14.8 Å². The SMILES string of the molecule is CC#CCC(NC)c1c(OC)cccc1OC. The summed E-state index contributed by atoms with van der Waals surface area (Å²) in [6, 6.07) is 5.89. The van der Waals surface area contributed by atoms with Crippen molar-refractivity contribution < 1.29 is 9.47 Å². The fourth-order valence-electron chi connectivity index (χ4n) is 1.78. The van der Waals surface area contributed by atoms with Gasteiger partial charge in [-0.2, -0.15) is 0 Å². The van der Waals surface area contributed by atoms with Gasteiger partial charge in [0.1, 0.15) is 11.5 Å². The second-order valence-electron chi connectivity index (χ2n) is 3.55. The third-order valence-electron chi connectivity index (χ3n) is 2.65. The molecule has 0 saturated carbocycles. The van der Waals surface area contributed by atoms with E-state index in [0.717, 1.165) is 23.5 Å². The first kappa shape index (κ1) is 13.4. The molecule has 3 nitrogen and oxygen atoms in total. The average Bonchev–Trinajstić information content (AvgIpc) is 2.39. The molecule has 0 aliphatic carbocycles. The van der Waals surface area contributed by atoms with Crippen LogP contribution >= 0.6 is 0 Å². The Kier molecular flexibility index (Phi) is 5.38. The van der Waals surface area contributed by atoms with Crippen LogP contribution in [0.15, 0.2) is 18.2 Å². The predicted octanol–water partition coefficient (Wildman–Crippen LogP) is 2.38. The Bertz CT molecular complexity index is 396. The van der Waals surface area contributed by atoms with Gasteiger partial charge in [0, 0.05) is 6.42 Å². The van der Waals surface area contributed by atoms with Gasteiger partial charge in [0.15, 0.2) is 0 Å². The van der Waals surface area contributed by atoms with E-state index in [4.69, 9.17) is 9.47 Å². The van der Waals surface area contributed by atoms with E-state index in [1.54, 1.807) is 14.2 Å². The molecular formula is C14H19NO2. The molecule has 0 aliphatic rings. The van der Waals surface area contributed by atoms with Gasteiger partial charge in [0.2, 0.25) is 0 Å². The van der Waals surface area contributed by atoms with Gasteiger partial charge in [-0.1, -0.05) is 6.07 Å². The van der Waals surface area contributed by atoms with E-state index in [1.165, 1.54) is 0 Å². The summed E-state index contributed by atoms with van der Waals surface area (Å²) in [4.78, 5) is 0. The molecule has 92 valence electrons. The fraction of sp³-hybridized carbons (Fsp3) is 0.429. The number of nitrogens with one attached hydrogen (secondary N) is 1. The van der Waals surface area contributed by atoms with E-state index in [9.17, 15) is 0 Å². The van der Waals surface area contributed by atoms with Crippen molar-refractivity contribution in [2.75, 3.05) is 21.3 Å². The zero-order valence-electron chi connectivity index (χ0n) is 10.8. The Morgan fingerprint density at radius 3 is 2.24 bits per heavy atom. The maximum absolute atomic E-state index is 5.38. The number of hydrogen-bond acceptors (Lipinski definition) is 3. The standard InChI is InChI=1S/C14H19NO2/c1-5-6-8-11(15-2)14-12(16-3)9-7-10-13(14)17-4/h7,9-11,15H,8H2,1-4H3. The molecule has 17 heavy (non-hydrogen) atoms. The molecule has 1 rings (SSSR count). The molecule has 1 N–H and O–H groups in total. The molecule has 0 radical (unpaired) electrons. The second-order valence-corrected chi connectivity index (χ2v) is 3.55. The molecule has 0 amide bonds. The van der Waals surface area contributed by atoms with Crippen LogP contribution in [0.3, 0.4) is 0 Å². The molecule has 0 saturated heterocycles. The minimum absolute atomic E-state index is 0.105. The maximum Gasteiger partial charge on any atom is 0.127 e. The first-order chi connectivity index (χ1) is 8.28. The Labute approximate surface area is 103 Å². The van der Waals surface area contributed by atoms with E-state index in [0.29, 0.717) is 0 Å². The summed E-state index contributed by atoms with van der Waals surface area (Å²) >= 11 is 0. The summed E-state index contributed by atoms with van der Waals surface area (Å²) < 4.78 is 10.8. The minimum atomic E-state index is 0.105. The van der Waals surface area contributed by atoms with Crippen LogP contribution in [0.4, 0.5) is 0 Å². The van der Waals surface area contributed by atoms with Gasteiger partial charge >= 0.3 is 0 Å². The van der Waals surface area contributed by atoms with E-state index in [-0.39, 0.29) is 6.04 Å². The average molecular weight is 233 g/mol. The van der Waals surface area contributed by atoms with Crippen molar-refractivity contribution in [2.24, 2.45) is 0 Å². The van der Waals surface area contributed by atoms with Crippen molar-refractivity contribution in [3.63, 3.8) is 0 Å². The number of hydrogen-bond donors (Lipinski definition) is 1. The molecule has 0 bridgehead atoms. The van der Waals surface area contributed by atoms with E-state index in [2.05, 4.69) is 17.2 Å². The topological polar surface area (TPSA) is 30.5 Å².